The van der Waals surface area contributed by atoms with Crippen LogP contribution in [0, 0.1) is 0 Å². The van der Waals surface area contributed by atoms with Gasteiger partial charge in [-0.25, -0.2) is 4.99 Å². The normalized spacial score (nSPS) is 23.1. The zero-order valence-electron chi connectivity index (χ0n) is 6.29. The fourth-order valence-electron chi connectivity index (χ4n) is 1.51. The lowest BCUT2D eigenvalue weighted by atomic mass is 10.4. The van der Waals surface area contributed by atoms with Crippen LogP contribution in [0.4, 0.5) is 0 Å². The highest BCUT2D eigenvalue weighted by Crippen LogP contribution is 2.17. The summed E-state index contributed by atoms with van der Waals surface area (Å²) in [4.78, 5) is 16.8. The van der Waals surface area contributed by atoms with Gasteiger partial charge in [0.2, 0.25) is 0 Å². The van der Waals surface area contributed by atoms with Crippen LogP contribution >= 0.6 is 0 Å². The van der Waals surface area contributed by atoms with Gasteiger partial charge in [0.15, 0.2) is 0 Å². The van der Waals surface area contributed by atoms with E-state index < -0.39 is 0 Å². The minimum Gasteiger partial charge on any atom is -0.367 e. The molecule has 3 heteroatoms. The molecule has 58 valence electrons. The number of likely N-dealkylation sites (tertiary alicyclic amines) is 1. The van der Waals surface area contributed by atoms with Crippen molar-refractivity contribution in [3.05, 3.63) is 11.8 Å². The average molecular weight is 150 g/mol. The van der Waals surface area contributed by atoms with Crippen LogP contribution in [0.2, 0.25) is 0 Å². The highest BCUT2D eigenvalue weighted by Gasteiger charge is 2.21. The minimum atomic E-state index is -0.0769. The van der Waals surface area contributed by atoms with E-state index in [0.29, 0.717) is 0 Å². The fraction of sp³-hybridized carbons (Fsp3) is 0.500. The van der Waals surface area contributed by atoms with E-state index >= 15 is 0 Å². The molecule has 3 nitrogen and oxygen atoms in total. The Morgan fingerprint density at radius 1 is 1.36 bits per heavy atom. The molecule has 1 amide bonds. The molecule has 0 N–H and O–H groups in total. The molecule has 1 fully saturated rings. The minimum absolute atomic E-state index is 0.0769. The monoisotopic (exact) mass is 150 g/mol. The van der Waals surface area contributed by atoms with E-state index in [4.69, 9.17) is 0 Å². The Kier molecular flexibility index (Phi) is 1.49. The maximum Gasteiger partial charge on any atom is 0.293 e. The molecule has 0 unspecified atom stereocenters. The Morgan fingerprint density at radius 3 is 2.64 bits per heavy atom. The van der Waals surface area contributed by atoms with Crippen molar-refractivity contribution in [1.29, 1.82) is 0 Å². The molecule has 0 bridgehead atoms. The third kappa shape index (κ3) is 1.06. The van der Waals surface area contributed by atoms with Gasteiger partial charge in [-0.15, -0.1) is 0 Å². The molecule has 2 aliphatic rings. The van der Waals surface area contributed by atoms with Gasteiger partial charge in [0.25, 0.3) is 5.91 Å². The lowest BCUT2D eigenvalue weighted by Crippen LogP contribution is -2.21. The van der Waals surface area contributed by atoms with Gasteiger partial charge in [0.05, 0.1) is 0 Å². The van der Waals surface area contributed by atoms with Crippen LogP contribution < -0.4 is 0 Å². The first-order valence-electron chi connectivity index (χ1n) is 3.91. The summed E-state index contributed by atoms with van der Waals surface area (Å²) in [6.07, 6.45) is 5.78. The topological polar surface area (TPSA) is 32.7 Å². The Bertz CT molecular complexity index is 236. The Labute approximate surface area is 65.4 Å². The zero-order valence-corrected chi connectivity index (χ0v) is 6.29. The van der Waals surface area contributed by atoms with Crippen LogP contribution in [-0.4, -0.2) is 30.1 Å². The lowest BCUT2D eigenvalue weighted by molar-refractivity contribution is -0.115. The van der Waals surface area contributed by atoms with E-state index in [1.165, 1.54) is 12.8 Å². The van der Waals surface area contributed by atoms with Gasteiger partial charge in [-0.3, -0.25) is 4.79 Å². The molecule has 0 radical (unpaired) electrons. The van der Waals surface area contributed by atoms with Crippen molar-refractivity contribution in [2.45, 2.75) is 12.8 Å². The van der Waals surface area contributed by atoms with Crippen molar-refractivity contribution >= 4 is 12.1 Å². The maximum atomic E-state index is 11.1. The first kappa shape index (κ1) is 6.58. The summed E-state index contributed by atoms with van der Waals surface area (Å²) in [7, 11) is 0. The summed E-state index contributed by atoms with van der Waals surface area (Å²) >= 11 is 0. The summed E-state index contributed by atoms with van der Waals surface area (Å²) in [6, 6.07) is 0. The number of hydrogen-bond acceptors (Lipinski definition) is 2. The molecular weight excluding hydrogens is 140 g/mol. The number of aliphatic imine (C=N–C) groups is 1. The van der Waals surface area contributed by atoms with Crippen LogP contribution in [0.3, 0.4) is 0 Å². The highest BCUT2D eigenvalue weighted by molar-refractivity contribution is 6.07. The van der Waals surface area contributed by atoms with Crippen LogP contribution in [0.25, 0.3) is 0 Å². The van der Waals surface area contributed by atoms with Crippen molar-refractivity contribution in [3.8, 4) is 0 Å². The SMILES string of the molecule is O=C1N=CC=C1N1CCCC1. The first-order valence-corrected chi connectivity index (χ1v) is 3.91. The van der Waals surface area contributed by atoms with Crippen molar-refractivity contribution in [3.63, 3.8) is 0 Å². The number of nitrogens with zero attached hydrogens (tertiary/aromatic N) is 2. The molecule has 1 saturated heterocycles. The van der Waals surface area contributed by atoms with Gasteiger partial charge >= 0.3 is 0 Å². The van der Waals surface area contributed by atoms with E-state index in [0.717, 1.165) is 18.8 Å². The quantitative estimate of drug-likeness (QED) is 0.547. The number of amides is 1. The van der Waals surface area contributed by atoms with Gasteiger partial charge in [-0.05, 0) is 18.9 Å². The van der Waals surface area contributed by atoms with Crippen LogP contribution in [0.1, 0.15) is 12.8 Å². The Hall–Kier alpha value is -1.12. The van der Waals surface area contributed by atoms with Crippen LogP contribution in [-0.2, 0) is 4.79 Å². The van der Waals surface area contributed by atoms with Crippen LogP contribution in [0.15, 0.2) is 16.8 Å². The van der Waals surface area contributed by atoms with Crippen molar-refractivity contribution in [2.24, 2.45) is 4.99 Å². The number of hydrogen-bond donors (Lipinski definition) is 0. The van der Waals surface area contributed by atoms with E-state index in [1.54, 1.807) is 12.3 Å². The molecular formula is C8H10N2O. The average Bonchev–Trinajstić information content (AvgIpc) is 2.55. The van der Waals surface area contributed by atoms with Gasteiger partial charge < -0.3 is 4.90 Å². The van der Waals surface area contributed by atoms with Gasteiger partial charge in [-0.2, -0.15) is 0 Å². The number of carbonyl (C=O) groups excluding carboxylic acids is 1. The Morgan fingerprint density at radius 2 is 2.09 bits per heavy atom. The van der Waals surface area contributed by atoms with E-state index in [2.05, 4.69) is 9.89 Å². The lowest BCUT2D eigenvalue weighted by Gasteiger charge is -2.15. The molecule has 0 spiro atoms. The molecule has 2 aliphatic heterocycles. The molecule has 0 atom stereocenters. The third-order valence-corrected chi connectivity index (χ3v) is 2.09. The molecule has 0 saturated carbocycles. The molecule has 0 aliphatic carbocycles. The fourth-order valence-corrected chi connectivity index (χ4v) is 1.51. The summed E-state index contributed by atoms with van der Waals surface area (Å²) in [5, 5.41) is 0. The second-order valence-corrected chi connectivity index (χ2v) is 2.83. The van der Waals surface area contributed by atoms with Gasteiger partial charge in [-0.1, -0.05) is 0 Å². The zero-order chi connectivity index (χ0) is 7.68. The van der Waals surface area contributed by atoms with Gasteiger partial charge in [0.1, 0.15) is 5.70 Å². The van der Waals surface area contributed by atoms with Crippen LogP contribution in [0.5, 0.6) is 0 Å². The molecule has 2 heterocycles. The highest BCUT2D eigenvalue weighted by atomic mass is 16.1. The molecule has 0 aromatic heterocycles. The summed E-state index contributed by atoms with van der Waals surface area (Å²) in [6.45, 7) is 2.03. The smallest absolute Gasteiger partial charge is 0.293 e. The predicted molar refractivity (Wildman–Crippen MR) is 42.4 cm³/mol. The van der Waals surface area contributed by atoms with Crippen molar-refractivity contribution < 1.29 is 4.79 Å². The van der Waals surface area contributed by atoms with E-state index in [1.807, 2.05) is 0 Å². The second-order valence-electron chi connectivity index (χ2n) is 2.83. The number of rotatable bonds is 1. The first-order chi connectivity index (χ1) is 5.38. The summed E-state index contributed by atoms with van der Waals surface area (Å²) in [5.74, 6) is -0.0769. The molecule has 2 rings (SSSR count). The van der Waals surface area contributed by atoms with E-state index in [-0.39, 0.29) is 5.91 Å². The number of allylic oxidation sites excluding steroid dienone is 1. The summed E-state index contributed by atoms with van der Waals surface area (Å²) < 4.78 is 0. The standard InChI is InChI=1S/C8H10N2O/c11-8-7(3-4-9-8)10-5-1-2-6-10/h3-4H,1-2,5-6H2. The second kappa shape index (κ2) is 2.49. The molecule has 0 aromatic rings. The molecule has 0 aromatic carbocycles. The van der Waals surface area contributed by atoms with Crippen molar-refractivity contribution in [1.82, 2.24) is 4.90 Å². The molecule has 11 heavy (non-hydrogen) atoms. The predicted octanol–water partition coefficient (Wildman–Crippen LogP) is 0.577. The van der Waals surface area contributed by atoms with Crippen molar-refractivity contribution in [2.75, 3.05) is 13.1 Å². The summed E-state index contributed by atoms with van der Waals surface area (Å²) in [5.41, 5.74) is 0.780. The maximum absolute atomic E-state index is 11.1. The van der Waals surface area contributed by atoms with E-state index in [9.17, 15) is 4.79 Å². The largest absolute Gasteiger partial charge is 0.367 e. The van der Waals surface area contributed by atoms with Gasteiger partial charge in [0, 0.05) is 19.3 Å². The third-order valence-electron chi connectivity index (χ3n) is 2.09. The number of carbonyl (C=O) groups is 1. The Balaban J connectivity index is 2.11.